The summed E-state index contributed by atoms with van der Waals surface area (Å²) in [5.74, 6) is 0.695. The maximum absolute atomic E-state index is 13.6. The molecule has 0 spiro atoms. The second kappa shape index (κ2) is 9.08. The Labute approximate surface area is 218 Å². The highest BCUT2D eigenvalue weighted by Gasteiger charge is 2.41. The highest BCUT2D eigenvalue weighted by molar-refractivity contribution is 6.30. The third kappa shape index (κ3) is 3.84. The van der Waals surface area contributed by atoms with Crippen LogP contribution in [0.5, 0.6) is 0 Å². The Hall–Kier alpha value is -3.56. The van der Waals surface area contributed by atoms with Gasteiger partial charge in [-0.05, 0) is 49.4 Å². The second-order valence-corrected chi connectivity index (χ2v) is 10.5. The van der Waals surface area contributed by atoms with Gasteiger partial charge in [0, 0.05) is 48.5 Å². The van der Waals surface area contributed by atoms with Gasteiger partial charge in [0.15, 0.2) is 5.82 Å². The normalized spacial score (nSPS) is 21.9. The molecule has 0 bridgehead atoms. The fraction of sp³-hybridized carbons (Fsp3) is 0.370. The number of aryl methyl sites for hydroxylation is 1. The number of rotatable bonds is 4. The molecule has 190 valence electrons. The molecule has 6 rings (SSSR count). The minimum Gasteiger partial charge on any atom is -0.331 e. The van der Waals surface area contributed by atoms with Crippen LogP contribution < -0.4 is 11.3 Å². The molecule has 0 saturated heterocycles. The molecule has 10 heteroatoms. The van der Waals surface area contributed by atoms with Crippen molar-refractivity contribution in [3.63, 3.8) is 0 Å². The molecule has 37 heavy (non-hydrogen) atoms. The first-order chi connectivity index (χ1) is 17.9. The van der Waals surface area contributed by atoms with Gasteiger partial charge in [-0.15, -0.1) is 10.2 Å². The van der Waals surface area contributed by atoms with E-state index in [1.165, 1.54) is 10.2 Å². The lowest BCUT2D eigenvalue weighted by molar-refractivity contribution is 0.0523. The van der Waals surface area contributed by atoms with Crippen LogP contribution >= 0.6 is 11.6 Å². The summed E-state index contributed by atoms with van der Waals surface area (Å²) in [7, 11) is 1.62. The van der Waals surface area contributed by atoms with Crippen molar-refractivity contribution in [1.29, 1.82) is 0 Å². The minimum atomic E-state index is -0.177. The molecule has 1 fully saturated rings. The highest BCUT2D eigenvalue weighted by atomic mass is 35.5. The molecular formula is C27H28ClN7O2. The molecular weight excluding hydrogens is 490 g/mol. The van der Waals surface area contributed by atoms with Gasteiger partial charge in [-0.2, -0.15) is 5.10 Å². The minimum absolute atomic E-state index is 0.118. The monoisotopic (exact) mass is 517 g/mol. The van der Waals surface area contributed by atoms with Gasteiger partial charge in [0.25, 0.3) is 11.5 Å². The van der Waals surface area contributed by atoms with E-state index >= 15 is 0 Å². The Kier molecular flexibility index (Phi) is 5.84. The molecule has 9 nitrogen and oxygen atoms in total. The number of benzene rings is 2. The van der Waals surface area contributed by atoms with Gasteiger partial charge in [0.2, 0.25) is 5.82 Å². The predicted octanol–water partition coefficient (Wildman–Crippen LogP) is 3.14. The van der Waals surface area contributed by atoms with E-state index in [4.69, 9.17) is 17.3 Å². The Morgan fingerprint density at radius 3 is 2.46 bits per heavy atom. The number of hydrogen-bond donors (Lipinski definition) is 1. The molecule has 3 heterocycles. The average Bonchev–Trinajstić information content (AvgIpc) is 3.36. The van der Waals surface area contributed by atoms with E-state index in [2.05, 4.69) is 21.4 Å². The number of nitrogens with zero attached hydrogens (tertiary/aromatic N) is 6. The lowest BCUT2D eigenvalue weighted by Crippen LogP contribution is -2.50. The fourth-order valence-corrected chi connectivity index (χ4v) is 6.19. The van der Waals surface area contributed by atoms with Crippen molar-refractivity contribution in [3.8, 4) is 11.5 Å². The summed E-state index contributed by atoms with van der Waals surface area (Å²) in [5.41, 5.74) is 7.70. The number of halogens is 1. The van der Waals surface area contributed by atoms with Crippen molar-refractivity contribution in [1.82, 2.24) is 29.4 Å². The topological polar surface area (TPSA) is 112 Å². The molecule has 1 saturated carbocycles. The van der Waals surface area contributed by atoms with Gasteiger partial charge < -0.3 is 10.6 Å². The molecule has 2 N–H and O–H groups in total. The van der Waals surface area contributed by atoms with Gasteiger partial charge in [0.1, 0.15) is 5.69 Å². The first-order valence-electron chi connectivity index (χ1n) is 12.6. The van der Waals surface area contributed by atoms with Crippen LogP contribution in [0.2, 0.25) is 5.02 Å². The van der Waals surface area contributed by atoms with E-state index in [1.807, 2.05) is 45.9 Å². The maximum atomic E-state index is 13.6. The molecule has 0 radical (unpaired) electrons. The smallest absolute Gasteiger partial charge is 0.292 e. The summed E-state index contributed by atoms with van der Waals surface area (Å²) in [4.78, 5) is 28.1. The largest absolute Gasteiger partial charge is 0.331 e. The zero-order chi connectivity index (χ0) is 25.7. The van der Waals surface area contributed by atoms with E-state index in [1.54, 1.807) is 13.1 Å². The van der Waals surface area contributed by atoms with Crippen LogP contribution in [0.25, 0.3) is 22.3 Å². The van der Waals surface area contributed by atoms with Crippen LogP contribution in [0.15, 0.2) is 53.3 Å². The predicted molar refractivity (Wildman–Crippen MR) is 141 cm³/mol. The van der Waals surface area contributed by atoms with Crippen LogP contribution in [0.4, 0.5) is 0 Å². The number of aromatic nitrogens is 5. The van der Waals surface area contributed by atoms with E-state index in [0.29, 0.717) is 47.7 Å². The van der Waals surface area contributed by atoms with Crippen LogP contribution in [0.3, 0.4) is 0 Å². The summed E-state index contributed by atoms with van der Waals surface area (Å²) >= 11 is 6.27. The van der Waals surface area contributed by atoms with E-state index < -0.39 is 0 Å². The molecule has 2 aromatic carbocycles. The number of carbonyl (C=O) groups is 1. The lowest BCUT2D eigenvalue weighted by atomic mass is 9.68. The Morgan fingerprint density at radius 1 is 1.00 bits per heavy atom. The van der Waals surface area contributed by atoms with E-state index in [9.17, 15) is 9.59 Å². The van der Waals surface area contributed by atoms with Crippen molar-refractivity contribution in [2.45, 2.75) is 43.7 Å². The van der Waals surface area contributed by atoms with Crippen molar-refractivity contribution < 1.29 is 4.79 Å². The standard InChI is InChI=1S/C27H28ClN7O2/c1-33-25(36)21-8-3-2-7-20(21)22(32-33)23-30-31-24-26(37)34(13-14-35(23)24)19-9-11-27(16-29,12-10-19)17-5-4-6-18(28)15-17/h2-8,15,19H,9-14,16,29H2,1H3/t19-,27-. The van der Waals surface area contributed by atoms with Gasteiger partial charge in [0.05, 0.1) is 5.39 Å². The van der Waals surface area contributed by atoms with Crippen molar-refractivity contribution in [2.24, 2.45) is 12.8 Å². The molecule has 2 aliphatic rings. The molecule has 1 aliphatic heterocycles. The Bertz CT molecular complexity index is 1570. The first-order valence-corrected chi connectivity index (χ1v) is 13.0. The second-order valence-electron chi connectivity index (χ2n) is 10.0. The number of carbonyl (C=O) groups excluding carboxylic acids is 1. The maximum Gasteiger partial charge on any atom is 0.292 e. The van der Waals surface area contributed by atoms with Crippen LogP contribution in [-0.2, 0) is 19.0 Å². The van der Waals surface area contributed by atoms with Crippen LogP contribution in [0, 0.1) is 0 Å². The molecule has 2 aromatic heterocycles. The van der Waals surface area contributed by atoms with E-state index in [-0.39, 0.29) is 22.9 Å². The molecule has 4 aromatic rings. The number of fused-ring (bicyclic) bond motifs is 2. The molecule has 1 aliphatic carbocycles. The van der Waals surface area contributed by atoms with Crippen LogP contribution in [-0.4, -0.2) is 54.5 Å². The Balaban J connectivity index is 1.27. The van der Waals surface area contributed by atoms with Gasteiger partial charge >= 0.3 is 0 Å². The number of nitrogens with two attached hydrogens (primary N) is 1. The van der Waals surface area contributed by atoms with Gasteiger partial charge in [-0.3, -0.25) is 14.2 Å². The lowest BCUT2D eigenvalue weighted by Gasteiger charge is -2.44. The van der Waals surface area contributed by atoms with Crippen molar-refractivity contribution in [2.75, 3.05) is 13.1 Å². The summed E-state index contributed by atoms with van der Waals surface area (Å²) in [6, 6.07) is 15.4. The fourth-order valence-electron chi connectivity index (χ4n) is 6.00. The quantitative estimate of drug-likeness (QED) is 0.445. The van der Waals surface area contributed by atoms with Crippen LogP contribution in [0.1, 0.15) is 41.9 Å². The summed E-state index contributed by atoms with van der Waals surface area (Å²) in [5, 5.41) is 15.1. The van der Waals surface area contributed by atoms with Gasteiger partial charge in [-0.25, -0.2) is 4.68 Å². The van der Waals surface area contributed by atoms with Crippen molar-refractivity contribution >= 4 is 28.3 Å². The molecule has 1 amide bonds. The van der Waals surface area contributed by atoms with E-state index in [0.717, 1.165) is 30.7 Å². The van der Waals surface area contributed by atoms with Gasteiger partial charge in [-0.1, -0.05) is 41.9 Å². The Morgan fingerprint density at radius 2 is 1.73 bits per heavy atom. The third-order valence-electron chi connectivity index (χ3n) is 8.12. The summed E-state index contributed by atoms with van der Waals surface area (Å²) < 4.78 is 3.14. The van der Waals surface area contributed by atoms with Crippen molar-refractivity contribution in [3.05, 3.63) is 75.3 Å². The SMILES string of the molecule is Cn1nc(-c2nnc3n2CCN([C@H]2CC[C@](CN)(c4cccc(Cl)c4)CC2)C3=O)c2ccccc2c1=O. The molecule has 0 atom stereocenters. The zero-order valence-electron chi connectivity index (χ0n) is 20.6. The summed E-state index contributed by atoms with van der Waals surface area (Å²) in [6.45, 7) is 1.68. The highest BCUT2D eigenvalue weighted by Crippen LogP contribution is 2.41. The number of amides is 1. The summed E-state index contributed by atoms with van der Waals surface area (Å²) in [6.07, 6.45) is 3.52. The molecule has 0 unspecified atom stereocenters. The average molecular weight is 518 g/mol. The number of hydrogen-bond acceptors (Lipinski definition) is 6. The zero-order valence-corrected chi connectivity index (χ0v) is 21.4. The third-order valence-corrected chi connectivity index (χ3v) is 8.35. The first kappa shape index (κ1) is 23.8.